The predicted octanol–water partition coefficient (Wildman–Crippen LogP) is 5.59. The molecule has 6 rings (SSSR count). The molecule has 0 bridgehead atoms. The number of likely N-dealkylation sites (tertiary alicyclic amines) is 1. The van der Waals surface area contributed by atoms with Crippen LogP contribution in [-0.4, -0.2) is 88.8 Å². The number of fused-ring (bicyclic) bond motifs is 1. The minimum atomic E-state index is -4.10. The van der Waals surface area contributed by atoms with E-state index in [9.17, 15) is 27.6 Å². The Morgan fingerprint density at radius 3 is 2.30 bits per heavy atom. The largest absolute Gasteiger partial charge is 0.497 e. The van der Waals surface area contributed by atoms with Gasteiger partial charge >= 0.3 is 6.09 Å². The normalized spacial score (nSPS) is 23.2. The highest BCUT2D eigenvalue weighted by Gasteiger charge is 2.63. The first-order chi connectivity index (χ1) is 26.6. The highest BCUT2D eigenvalue weighted by molar-refractivity contribution is 9.11. The van der Waals surface area contributed by atoms with Crippen molar-refractivity contribution in [2.24, 2.45) is 11.3 Å². The average molecular weight is 869 g/mol. The highest BCUT2D eigenvalue weighted by Crippen LogP contribution is 2.50. The molecular formula is C41H50BrN5O9S. The van der Waals surface area contributed by atoms with Crippen LogP contribution in [0.5, 0.6) is 11.5 Å². The van der Waals surface area contributed by atoms with Crippen molar-refractivity contribution in [2.45, 2.75) is 100 Å². The Morgan fingerprint density at radius 2 is 1.72 bits per heavy atom. The van der Waals surface area contributed by atoms with Crippen LogP contribution in [0.1, 0.15) is 67.2 Å². The molecule has 2 aliphatic carbocycles. The summed E-state index contributed by atoms with van der Waals surface area (Å²) in [6, 6.07) is 14.4. The van der Waals surface area contributed by atoms with Gasteiger partial charge in [0.25, 0.3) is 15.9 Å². The number of halogens is 1. The molecule has 3 aromatic rings. The number of sulfonamides is 1. The van der Waals surface area contributed by atoms with Crippen LogP contribution in [0.25, 0.3) is 22.2 Å². The SMILES string of the molecule is C=CC1CC1(NC(=O)C1CC(Oc2cc(-c3ccccc3)nc3cc(OC)ccc23)CN1C(=O)C(NC(=O)OC(C)(C)C)C(C)(C)C)C(=O)NS(=O)(=O)C1(Br)CC1. The summed E-state index contributed by atoms with van der Waals surface area (Å²) < 4.78 is 44.7. The molecule has 3 N–H and O–H groups in total. The molecule has 1 aliphatic heterocycles. The van der Waals surface area contributed by atoms with Gasteiger partial charge in [-0.2, -0.15) is 0 Å². The number of hydrogen-bond acceptors (Lipinski definition) is 10. The summed E-state index contributed by atoms with van der Waals surface area (Å²) in [6.07, 6.45) is 0.718. The Balaban J connectivity index is 1.35. The van der Waals surface area contributed by atoms with E-state index in [1.54, 1.807) is 66.9 Å². The van der Waals surface area contributed by atoms with Crippen LogP contribution in [0.4, 0.5) is 4.79 Å². The summed E-state index contributed by atoms with van der Waals surface area (Å²) in [4.78, 5) is 62.2. The molecule has 306 valence electrons. The van der Waals surface area contributed by atoms with Crippen molar-refractivity contribution in [1.82, 2.24) is 25.2 Å². The molecule has 14 nitrogen and oxygen atoms in total. The van der Waals surface area contributed by atoms with Crippen LogP contribution in [0.3, 0.4) is 0 Å². The van der Waals surface area contributed by atoms with Crippen LogP contribution in [0.2, 0.25) is 0 Å². The maximum absolute atomic E-state index is 14.7. The topological polar surface area (TPSA) is 182 Å². The number of benzene rings is 2. The molecule has 1 aromatic heterocycles. The summed E-state index contributed by atoms with van der Waals surface area (Å²) in [5.41, 5.74) is -1.22. The predicted molar refractivity (Wildman–Crippen MR) is 218 cm³/mol. The van der Waals surface area contributed by atoms with Gasteiger partial charge in [-0.15, -0.1) is 6.58 Å². The van der Waals surface area contributed by atoms with Crippen LogP contribution in [0, 0.1) is 11.3 Å². The maximum Gasteiger partial charge on any atom is 0.408 e. The van der Waals surface area contributed by atoms with Gasteiger partial charge in [0.15, 0.2) is 0 Å². The summed E-state index contributed by atoms with van der Waals surface area (Å²) in [6.45, 7) is 14.2. The molecule has 2 aromatic carbocycles. The van der Waals surface area contributed by atoms with Gasteiger partial charge in [0.1, 0.15) is 44.5 Å². The van der Waals surface area contributed by atoms with Gasteiger partial charge in [-0.3, -0.25) is 14.4 Å². The van der Waals surface area contributed by atoms with E-state index in [1.807, 2.05) is 36.4 Å². The number of amides is 4. The van der Waals surface area contributed by atoms with Crippen molar-refractivity contribution in [1.29, 1.82) is 0 Å². The molecule has 4 amide bonds. The average Bonchev–Trinajstić information content (AvgIpc) is 4.02. The number of pyridine rings is 1. The molecular weight excluding hydrogens is 818 g/mol. The Labute approximate surface area is 341 Å². The fourth-order valence-electron chi connectivity index (χ4n) is 6.96. The van der Waals surface area contributed by atoms with Gasteiger partial charge in [0.05, 0.1) is 24.9 Å². The molecule has 2 heterocycles. The molecule has 16 heteroatoms. The second-order valence-electron chi connectivity index (χ2n) is 17.0. The number of carbonyl (C=O) groups excluding carboxylic acids is 4. The first-order valence-corrected chi connectivity index (χ1v) is 21.1. The smallest absolute Gasteiger partial charge is 0.408 e. The quantitative estimate of drug-likeness (QED) is 0.153. The molecule has 3 fully saturated rings. The van der Waals surface area contributed by atoms with Crippen molar-refractivity contribution in [2.75, 3.05) is 13.7 Å². The van der Waals surface area contributed by atoms with Gasteiger partial charge in [0, 0.05) is 35.4 Å². The molecule has 5 atom stereocenters. The van der Waals surface area contributed by atoms with Crippen molar-refractivity contribution < 1.29 is 41.8 Å². The van der Waals surface area contributed by atoms with Crippen LogP contribution >= 0.6 is 15.9 Å². The Kier molecular flexibility index (Phi) is 11.2. The Morgan fingerprint density at radius 1 is 1.04 bits per heavy atom. The van der Waals surface area contributed by atoms with E-state index in [1.165, 1.54) is 11.0 Å². The van der Waals surface area contributed by atoms with Gasteiger partial charge < -0.3 is 29.7 Å². The van der Waals surface area contributed by atoms with E-state index in [0.717, 1.165) is 5.56 Å². The lowest BCUT2D eigenvalue weighted by Gasteiger charge is -2.36. The monoisotopic (exact) mass is 867 g/mol. The first-order valence-electron chi connectivity index (χ1n) is 18.8. The molecule has 0 spiro atoms. The number of methoxy groups -OCH3 is 1. The maximum atomic E-state index is 14.7. The number of ether oxygens (including phenoxy) is 3. The summed E-state index contributed by atoms with van der Waals surface area (Å²) in [7, 11) is -2.54. The van der Waals surface area contributed by atoms with Crippen molar-refractivity contribution in [3.8, 4) is 22.8 Å². The third-order valence-corrected chi connectivity index (χ3v) is 14.3. The number of nitrogens with one attached hydrogen (secondary N) is 3. The van der Waals surface area contributed by atoms with E-state index in [0.29, 0.717) is 40.9 Å². The van der Waals surface area contributed by atoms with Gasteiger partial charge in [-0.05, 0) is 57.6 Å². The minimum absolute atomic E-state index is 0.000773. The second kappa shape index (κ2) is 15.2. The number of aromatic nitrogens is 1. The summed E-state index contributed by atoms with van der Waals surface area (Å²) in [5, 5.41) is 6.20. The number of hydrogen-bond donors (Lipinski definition) is 3. The number of alkyl carbamates (subject to hydrolysis) is 1. The Bertz CT molecular complexity index is 2200. The zero-order valence-corrected chi connectivity index (χ0v) is 35.6. The molecule has 2 saturated carbocycles. The third-order valence-electron chi connectivity index (χ3n) is 10.4. The number of alkyl halides is 1. The zero-order chi connectivity index (χ0) is 41.7. The third kappa shape index (κ3) is 8.91. The van der Waals surface area contributed by atoms with Crippen LogP contribution < -0.4 is 24.8 Å². The lowest BCUT2D eigenvalue weighted by molar-refractivity contribution is -0.143. The first kappa shape index (κ1) is 41.9. The van der Waals surface area contributed by atoms with Crippen molar-refractivity contribution >= 4 is 60.7 Å². The number of carbonyl (C=O) groups is 4. The highest BCUT2D eigenvalue weighted by atomic mass is 79.9. The second-order valence-corrected chi connectivity index (χ2v) is 21.0. The van der Waals surface area contributed by atoms with E-state index >= 15 is 0 Å². The van der Waals surface area contributed by atoms with Gasteiger partial charge in [-0.1, -0.05) is 73.1 Å². The number of nitrogens with zero attached hydrogens (tertiary/aromatic N) is 2. The zero-order valence-electron chi connectivity index (χ0n) is 33.2. The summed E-state index contributed by atoms with van der Waals surface area (Å²) in [5.74, 6) is -1.66. The lowest BCUT2D eigenvalue weighted by atomic mass is 9.85. The van der Waals surface area contributed by atoms with Crippen LogP contribution in [-0.2, 0) is 29.1 Å². The lowest BCUT2D eigenvalue weighted by Crippen LogP contribution is -2.60. The fraction of sp³-hybridized carbons (Fsp3) is 0.488. The van der Waals surface area contributed by atoms with Gasteiger partial charge in [-0.25, -0.2) is 22.9 Å². The fourth-order valence-corrected chi connectivity index (χ4v) is 8.65. The molecule has 1 saturated heterocycles. The number of rotatable bonds is 12. The molecule has 3 aliphatic rings. The molecule has 0 radical (unpaired) electrons. The van der Waals surface area contributed by atoms with Crippen LogP contribution in [0.15, 0.2) is 67.3 Å². The van der Waals surface area contributed by atoms with Gasteiger partial charge in [0.2, 0.25) is 11.8 Å². The van der Waals surface area contributed by atoms with Crippen molar-refractivity contribution in [3.05, 3.63) is 67.3 Å². The minimum Gasteiger partial charge on any atom is -0.497 e. The molecule has 5 unspecified atom stereocenters. The van der Waals surface area contributed by atoms with E-state index in [-0.39, 0.29) is 19.4 Å². The molecule has 57 heavy (non-hydrogen) atoms. The van der Waals surface area contributed by atoms with Crippen molar-refractivity contribution in [3.63, 3.8) is 0 Å². The standard InChI is InChI=1S/C41H50BrN5O9S/c1-9-25-22-41(25,36(50)46-57(52,53)40(42)17-18-40)45-34(48)31-20-27(23-47(31)35(49)33(38(2,3)4)44-37(51)56-39(5,6)7)55-32-21-29(24-13-11-10-12-14-24)43-30-19-26(54-8)15-16-28(30)32/h9-16,19,21,25,27,31,33H,1,17-18,20,22-23H2,2-8H3,(H,44,51)(H,45,48)(H,46,50). The van der Waals surface area contributed by atoms with E-state index < -0.39 is 78.2 Å². The Hall–Kier alpha value is -4.70. The summed E-state index contributed by atoms with van der Waals surface area (Å²) >= 11 is 3.21. The van der Waals surface area contributed by atoms with E-state index in [4.69, 9.17) is 19.2 Å². The van der Waals surface area contributed by atoms with E-state index in [2.05, 4.69) is 37.9 Å².